The minimum Gasteiger partial charge on any atom is -0.480 e. The van der Waals surface area contributed by atoms with E-state index in [1.54, 1.807) is 39.0 Å². The molecule has 3 rings (SSSR count). The lowest BCUT2D eigenvalue weighted by atomic mass is 10.0. The number of halogens is 2. The molecule has 0 aromatic heterocycles. The molecule has 200 valence electrons. The number of carboxylic acid groups (broad SMARTS) is 3. The van der Waals surface area contributed by atoms with Gasteiger partial charge in [0.1, 0.15) is 8.96 Å². The number of hydrogen-bond donors (Lipinski definition) is 3. The summed E-state index contributed by atoms with van der Waals surface area (Å²) in [6.07, 6.45) is 0.371. The molecule has 1 saturated heterocycles. The number of aliphatic carboxylic acids is 3. The van der Waals surface area contributed by atoms with E-state index < -0.39 is 29.7 Å². The average Bonchev–Trinajstić information content (AvgIpc) is 3.04. The van der Waals surface area contributed by atoms with Gasteiger partial charge >= 0.3 is 17.9 Å². The number of rotatable bonds is 9. The van der Waals surface area contributed by atoms with Gasteiger partial charge in [0.2, 0.25) is 0 Å². The molecule has 0 bridgehead atoms. The number of hydrogen-bond acceptors (Lipinski definition) is 8. The van der Waals surface area contributed by atoms with Gasteiger partial charge in [0.25, 0.3) is 11.8 Å². The van der Waals surface area contributed by atoms with E-state index in [2.05, 4.69) is 31.9 Å². The second-order valence-corrected chi connectivity index (χ2v) is 10.3. The summed E-state index contributed by atoms with van der Waals surface area (Å²) in [5, 5.41) is 28.1. The van der Waals surface area contributed by atoms with Gasteiger partial charge < -0.3 is 15.3 Å². The predicted octanol–water partition coefficient (Wildman–Crippen LogP) is 0.646. The van der Waals surface area contributed by atoms with Crippen molar-refractivity contribution < 1.29 is 39.3 Å². The third-order valence-electron chi connectivity index (χ3n) is 6.12. The summed E-state index contributed by atoms with van der Waals surface area (Å²) in [5.41, 5.74) is 1.17. The van der Waals surface area contributed by atoms with E-state index in [9.17, 15) is 39.3 Å². The second-order valence-electron chi connectivity index (χ2n) is 8.76. The SMILES string of the molecule is O=C(O)CN1CCN(CC(=O)O)CC(Cc2ccc(N3C(=O)C(Br)=C(Br)C3=O)cc2)N(CC(=O)O)CC1. The maximum Gasteiger partial charge on any atom is 0.317 e. The number of carboxylic acids is 3. The van der Waals surface area contributed by atoms with Gasteiger partial charge in [-0.05, 0) is 56.0 Å². The van der Waals surface area contributed by atoms with Crippen LogP contribution >= 0.6 is 31.9 Å². The number of anilines is 1. The van der Waals surface area contributed by atoms with E-state index in [4.69, 9.17) is 0 Å². The molecule has 0 spiro atoms. The Bertz CT molecular complexity index is 1090. The molecular weight excluding hydrogens is 620 g/mol. The number of imide groups is 1. The van der Waals surface area contributed by atoms with E-state index >= 15 is 0 Å². The molecule has 14 heteroatoms. The van der Waals surface area contributed by atoms with Crippen LogP contribution in [-0.2, 0) is 30.4 Å². The van der Waals surface area contributed by atoms with E-state index in [-0.39, 0.29) is 47.7 Å². The van der Waals surface area contributed by atoms with E-state index in [0.29, 0.717) is 31.7 Å². The Kier molecular flexibility index (Phi) is 9.95. The zero-order chi connectivity index (χ0) is 27.3. The molecule has 0 aliphatic carbocycles. The molecule has 2 aliphatic rings. The summed E-state index contributed by atoms with van der Waals surface area (Å²) in [4.78, 5) is 65.3. The number of benzene rings is 1. The topological polar surface area (TPSA) is 159 Å². The highest BCUT2D eigenvalue weighted by atomic mass is 79.9. The highest BCUT2D eigenvalue weighted by Gasteiger charge is 2.37. The van der Waals surface area contributed by atoms with Crippen LogP contribution in [0.15, 0.2) is 33.2 Å². The van der Waals surface area contributed by atoms with Crippen molar-refractivity contribution >= 4 is 67.3 Å². The molecule has 1 aromatic carbocycles. The molecule has 0 radical (unpaired) electrons. The fourth-order valence-corrected chi connectivity index (χ4v) is 5.07. The maximum atomic E-state index is 12.4. The monoisotopic (exact) mass is 644 g/mol. The maximum absolute atomic E-state index is 12.4. The molecule has 37 heavy (non-hydrogen) atoms. The van der Waals surface area contributed by atoms with Crippen LogP contribution in [0.1, 0.15) is 5.56 Å². The number of amides is 2. The van der Waals surface area contributed by atoms with Gasteiger partial charge in [0.05, 0.1) is 25.3 Å². The lowest BCUT2D eigenvalue weighted by Crippen LogP contribution is -2.49. The fourth-order valence-electron chi connectivity index (χ4n) is 4.38. The average molecular weight is 646 g/mol. The minimum absolute atomic E-state index is 0.131. The van der Waals surface area contributed by atoms with Crippen molar-refractivity contribution in [3.63, 3.8) is 0 Å². The summed E-state index contributed by atoms with van der Waals surface area (Å²) in [6, 6.07) is 6.33. The van der Waals surface area contributed by atoms with Gasteiger partial charge in [-0.1, -0.05) is 12.1 Å². The molecular formula is C23H26Br2N4O8. The Balaban J connectivity index is 1.84. The molecule has 1 aromatic rings. The van der Waals surface area contributed by atoms with Crippen molar-refractivity contribution in [3.8, 4) is 0 Å². The highest BCUT2D eigenvalue weighted by Crippen LogP contribution is 2.33. The van der Waals surface area contributed by atoms with Crippen molar-refractivity contribution in [1.29, 1.82) is 0 Å². The molecule has 0 saturated carbocycles. The number of carbonyl (C=O) groups excluding carboxylic acids is 2. The first-order chi connectivity index (χ1) is 17.5. The smallest absolute Gasteiger partial charge is 0.317 e. The quantitative estimate of drug-likeness (QED) is 0.324. The predicted molar refractivity (Wildman–Crippen MR) is 139 cm³/mol. The van der Waals surface area contributed by atoms with Gasteiger partial charge in [0, 0.05) is 38.8 Å². The molecule has 2 heterocycles. The highest BCUT2D eigenvalue weighted by molar-refractivity contribution is 9.14. The van der Waals surface area contributed by atoms with Crippen molar-refractivity contribution in [2.45, 2.75) is 12.5 Å². The van der Waals surface area contributed by atoms with Crippen LogP contribution in [-0.4, -0.2) is 118 Å². The first kappa shape index (κ1) is 28.9. The molecule has 1 atom stereocenters. The Morgan fingerprint density at radius 3 is 1.78 bits per heavy atom. The van der Waals surface area contributed by atoms with E-state index in [0.717, 1.165) is 10.5 Å². The first-order valence-corrected chi connectivity index (χ1v) is 12.9. The third-order valence-corrected chi connectivity index (χ3v) is 8.12. The van der Waals surface area contributed by atoms with E-state index in [1.165, 1.54) is 0 Å². The summed E-state index contributed by atoms with van der Waals surface area (Å²) in [7, 11) is 0. The Morgan fingerprint density at radius 1 is 0.757 bits per heavy atom. The molecule has 1 unspecified atom stereocenters. The Hall–Kier alpha value is -2.65. The van der Waals surface area contributed by atoms with Crippen molar-refractivity contribution in [3.05, 3.63) is 38.8 Å². The largest absolute Gasteiger partial charge is 0.480 e. The van der Waals surface area contributed by atoms with Crippen LogP contribution in [0.2, 0.25) is 0 Å². The summed E-state index contributed by atoms with van der Waals surface area (Å²) in [6.45, 7) is 0.699. The molecule has 2 amide bonds. The van der Waals surface area contributed by atoms with Crippen LogP contribution < -0.4 is 4.90 Å². The van der Waals surface area contributed by atoms with Gasteiger partial charge in [0.15, 0.2) is 0 Å². The molecule has 1 fully saturated rings. The van der Waals surface area contributed by atoms with Crippen LogP contribution in [0.3, 0.4) is 0 Å². The van der Waals surface area contributed by atoms with Gasteiger partial charge in [-0.2, -0.15) is 0 Å². The Labute approximate surface area is 229 Å². The van der Waals surface area contributed by atoms with Crippen LogP contribution in [0.5, 0.6) is 0 Å². The van der Waals surface area contributed by atoms with Crippen LogP contribution in [0.25, 0.3) is 0 Å². The standard InChI is InChI=1S/C23H26Br2N4O8/c24-20-21(25)23(37)29(22(20)36)15-3-1-14(2-4-15)9-16-10-27(12-18(32)33)6-5-26(11-17(30)31)7-8-28(16)13-19(34)35/h1-4,16H,5-13H2,(H,30,31)(H,32,33)(H,34,35). The molecule has 12 nitrogen and oxygen atoms in total. The Morgan fingerprint density at radius 2 is 1.24 bits per heavy atom. The van der Waals surface area contributed by atoms with Gasteiger partial charge in [-0.3, -0.25) is 38.7 Å². The zero-order valence-corrected chi connectivity index (χ0v) is 22.9. The van der Waals surface area contributed by atoms with Crippen molar-refractivity contribution in [2.75, 3.05) is 57.3 Å². The lowest BCUT2D eigenvalue weighted by Gasteiger charge is -2.33. The fraction of sp³-hybridized carbons (Fsp3) is 0.435. The van der Waals surface area contributed by atoms with Crippen molar-refractivity contribution in [2.24, 2.45) is 0 Å². The molecule has 2 aliphatic heterocycles. The second kappa shape index (κ2) is 12.7. The van der Waals surface area contributed by atoms with Gasteiger partial charge in [-0.25, -0.2) is 4.90 Å². The van der Waals surface area contributed by atoms with Crippen LogP contribution in [0.4, 0.5) is 5.69 Å². The van der Waals surface area contributed by atoms with Gasteiger partial charge in [-0.15, -0.1) is 0 Å². The minimum atomic E-state index is -1.05. The summed E-state index contributed by atoms with van der Waals surface area (Å²) in [5.74, 6) is -4.10. The lowest BCUT2D eigenvalue weighted by molar-refractivity contribution is -0.140. The number of carbonyl (C=O) groups is 5. The third kappa shape index (κ3) is 7.68. The summed E-state index contributed by atoms with van der Waals surface area (Å²) < 4.78 is 0.263. The number of nitrogens with zero attached hydrogens (tertiary/aromatic N) is 4. The molecule has 3 N–H and O–H groups in total. The normalized spacial score (nSPS) is 20.6. The zero-order valence-electron chi connectivity index (χ0n) is 19.7. The van der Waals surface area contributed by atoms with Crippen LogP contribution in [0, 0.1) is 0 Å². The summed E-state index contributed by atoms with van der Waals surface area (Å²) >= 11 is 6.20. The van der Waals surface area contributed by atoms with E-state index in [1.807, 2.05) is 0 Å². The first-order valence-electron chi connectivity index (χ1n) is 11.3. The van der Waals surface area contributed by atoms with Crippen molar-refractivity contribution in [1.82, 2.24) is 14.7 Å².